The molecule has 6 nitrogen and oxygen atoms in total. The van der Waals surface area contributed by atoms with E-state index < -0.39 is 12.1 Å². The van der Waals surface area contributed by atoms with E-state index in [0.717, 1.165) is 22.3 Å². The Morgan fingerprint density at radius 2 is 1.94 bits per heavy atom. The highest BCUT2D eigenvalue weighted by Gasteiger charge is 2.35. The van der Waals surface area contributed by atoms with Crippen molar-refractivity contribution in [3.05, 3.63) is 84.2 Å². The molecule has 1 aliphatic heterocycles. The standard InChI is InChI=1S/C26H27N3O3/c1-18-8-10-23(11-9-18)32-19(2)26(31)29-14-13-28-25(30)24(29)16-20-5-3-6-21(15-20)22-7-4-12-27-17-22/h3-12,15,17,19,24H,13-14,16H2,1-2H3,(H,28,30). The molecule has 2 heterocycles. The number of piperazine rings is 1. The summed E-state index contributed by atoms with van der Waals surface area (Å²) in [6.07, 6.45) is 3.30. The second-order valence-electron chi connectivity index (χ2n) is 8.06. The molecule has 0 radical (unpaired) electrons. The maximum absolute atomic E-state index is 13.2. The van der Waals surface area contributed by atoms with Crippen LogP contribution in [0.3, 0.4) is 0 Å². The molecular weight excluding hydrogens is 402 g/mol. The van der Waals surface area contributed by atoms with E-state index in [9.17, 15) is 9.59 Å². The van der Waals surface area contributed by atoms with Crippen LogP contribution in [0.1, 0.15) is 18.1 Å². The third-order valence-electron chi connectivity index (χ3n) is 5.65. The molecule has 6 heteroatoms. The van der Waals surface area contributed by atoms with Gasteiger partial charge < -0.3 is 15.0 Å². The molecule has 2 aromatic carbocycles. The number of amides is 2. The number of hydrogen-bond acceptors (Lipinski definition) is 4. The predicted molar refractivity (Wildman–Crippen MR) is 123 cm³/mol. The van der Waals surface area contributed by atoms with Crippen LogP contribution in [0.25, 0.3) is 11.1 Å². The molecule has 3 aromatic rings. The fraction of sp³-hybridized carbons (Fsp3) is 0.269. The minimum absolute atomic E-state index is 0.140. The summed E-state index contributed by atoms with van der Waals surface area (Å²) >= 11 is 0. The molecule has 1 saturated heterocycles. The Labute approximate surface area is 188 Å². The van der Waals surface area contributed by atoms with Gasteiger partial charge in [0.2, 0.25) is 5.91 Å². The van der Waals surface area contributed by atoms with Gasteiger partial charge in [-0.2, -0.15) is 0 Å². The Balaban J connectivity index is 1.51. The minimum Gasteiger partial charge on any atom is -0.481 e. The summed E-state index contributed by atoms with van der Waals surface area (Å²) in [5.74, 6) is 0.311. The molecule has 1 N–H and O–H groups in total. The van der Waals surface area contributed by atoms with Crippen LogP contribution in [0.2, 0.25) is 0 Å². The highest BCUT2D eigenvalue weighted by Crippen LogP contribution is 2.22. The second kappa shape index (κ2) is 9.64. The number of rotatable bonds is 6. The molecule has 4 rings (SSSR count). The lowest BCUT2D eigenvalue weighted by Gasteiger charge is -2.36. The van der Waals surface area contributed by atoms with Crippen LogP contribution in [0, 0.1) is 6.92 Å². The van der Waals surface area contributed by atoms with Gasteiger partial charge in [-0.25, -0.2) is 0 Å². The van der Waals surface area contributed by atoms with E-state index in [4.69, 9.17) is 4.74 Å². The lowest BCUT2D eigenvalue weighted by molar-refractivity contribution is -0.147. The highest BCUT2D eigenvalue weighted by atomic mass is 16.5. The molecule has 2 unspecified atom stereocenters. The van der Waals surface area contributed by atoms with Crippen molar-refractivity contribution in [2.24, 2.45) is 0 Å². The van der Waals surface area contributed by atoms with E-state index in [1.54, 1.807) is 18.0 Å². The van der Waals surface area contributed by atoms with Crippen molar-refractivity contribution in [2.45, 2.75) is 32.4 Å². The first-order valence-corrected chi connectivity index (χ1v) is 10.8. The van der Waals surface area contributed by atoms with Gasteiger partial charge in [0, 0.05) is 31.9 Å². The summed E-state index contributed by atoms with van der Waals surface area (Å²) in [5, 5.41) is 2.89. The first-order chi connectivity index (χ1) is 15.5. The first kappa shape index (κ1) is 21.6. The van der Waals surface area contributed by atoms with Crippen molar-refractivity contribution >= 4 is 11.8 Å². The van der Waals surface area contributed by atoms with E-state index in [0.29, 0.717) is 25.3 Å². The lowest BCUT2D eigenvalue weighted by Crippen LogP contribution is -2.60. The largest absolute Gasteiger partial charge is 0.481 e. The summed E-state index contributed by atoms with van der Waals surface area (Å²) in [5.41, 5.74) is 4.15. The fourth-order valence-corrected chi connectivity index (χ4v) is 3.92. The number of carbonyl (C=O) groups excluding carboxylic acids is 2. The van der Waals surface area contributed by atoms with E-state index in [2.05, 4.69) is 10.3 Å². The fourth-order valence-electron chi connectivity index (χ4n) is 3.92. The number of nitrogens with zero attached hydrogens (tertiary/aromatic N) is 2. The molecule has 0 spiro atoms. The van der Waals surface area contributed by atoms with Gasteiger partial charge in [0.05, 0.1) is 0 Å². The van der Waals surface area contributed by atoms with Crippen molar-refractivity contribution in [3.8, 4) is 16.9 Å². The van der Waals surface area contributed by atoms with Crippen LogP contribution >= 0.6 is 0 Å². The SMILES string of the molecule is Cc1ccc(OC(C)C(=O)N2CCNC(=O)C2Cc2cccc(-c3cccnc3)c2)cc1. The summed E-state index contributed by atoms with van der Waals surface area (Å²) in [7, 11) is 0. The molecule has 1 aromatic heterocycles. The third kappa shape index (κ3) is 4.97. The van der Waals surface area contributed by atoms with Gasteiger partial charge in [0.25, 0.3) is 5.91 Å². The van der Waals surface area contributed by atoms with Gasteiger partial charge in [-0.3, -0.25) is 14.6 Å². The predicted octanol–water partition coefficient (Wildman–Crippen LogP) is 3.39. The molecule has 164 valence electrons. The van der Waals surface area contributed by atoms with Gasteiger partial charge in [-0.05, 0) is 48.7 Å². The Kier molecular flexibility index (Phi) is 6.50. The molecule has 0 aliphatic carbocycles. The van der Waals surface area contributed by atoms with Crippen molar-refractivity contribution in [2.75, 3.05) is 13.1 Å². The Hall–Kier alpha value is -3.67. The van der Waals surface area contributed by atoms with E-state index in [1.807, 2.05) is 73.8 Å². The van der Waals surface area contributed by atoms with Crippen LogP contribution in [0.15, 0.2) is 73.1 Å². The molecule has 0 bridgehead atoms. The monoisotopic (exact) mass is 429 g/mol. The van der Waals surface area contributed by atoms with Gasteiger partial charge >= 0.3 is 0 Å². The van der Waals surface area contributed by atoms with Gasteiger partial charge in [-0.1, -0.05) is 48.0 Å². The van der Waals surface area contributed by atoms with E-state index in [1.165, 1.54) is 0 Å². The molecule has 1 fully saturated rings. The van der Waals surface area contributed by atoms with Crippen LogP contribution in [0.5, 0.6) is 5.75 Å². The molecule has 0 saturated carbocycles. The maximum atomic E-state index is 13.2. The van der Waals surface area contributed by atoms with Crippen LogP contribution in [-0.2, 0) is 16.0 Å². The zero-order chi connectivity index (χ0) is 22.5. The number of carbonyl (C=O) groups is 2. The Morgan fingerprint density at radius 3 is 2.69 bits per heavy atom. The molecule has 32 heavy (non-hydrogen) atoms. The van der Waals surface area contributed by atoms with Crippen LogP contribution in [0.4, 0.5) is 0 Å². The van der Waals surface area contributed by atoms with Gasteiger partial charge in [0.1, 0.15) is 11.8 Å². The highest BCUT2D eigenvalue weighted by molar-refractivity contribution is 5.90. The third-order valence-corrected chi connectivity index (χ3v) is 5.65. The van der Waals surface area contributed by atoms with Crippen molar-refractivity contribution in [3.63, 3.8) is 0 Å². The van der Waals surface area contributed by atoms with Gasteiger partial charge in [-0.15, -0.1) is 0 Å². The van der Waals surface area contributed by atoms with E-state index in [-0.39, 0.29) is 11.8 Å². The van der Waals surface area contributed by atoms with Gasteiger partial charge in [0.15, 0.2) is 6.10 Å². The topological polar surface area (TPSA) is 71.5 Å². The summed E-state index contributed by atoms with van der Waals surface area (Å²) in [6.45, 7) is 4.63. The number of nitrogens with one attached hydrogen (secondary N) is 1. The maximum Gasteiger partial charge on any atom is 0.264 e. The smallest absolute Gasteiger partial charge is 0.264 e. The molecule has 1 aliphatic rings. The number of aromatic nitrogens is 1. The zero-order valence-electron chi connectivity index (χ0n) is 18.3. The molecular formula is C26H27N3O3. The Morgan fingerprint density at radius 1 is 1.16 bits per heavy atom. The summed E-state index contributed by atoms with van der Waals surface area (Å²) in [6, 6.07) is 18.9. The minimum atomic E-state index is -0.687. The average Bonchev–Trinajstić information content (AvgIpc) is 2.82. The second-order valence-corrected chi connectivity index (χ2v) is 8.06. The number of benzene rings is 2. The number of aryl methyl sites for hydroxylation is 1. The number of hydrogen-bond donors (Lipinski definition) is 1. The summed E-state index contributed by atoms with van der Waals surface area (Å²) < 4.78 is 5.87. The van der Waals surface area contributed by atoms with Crippen LogP contribution < -0.4 is 10.1 Å². The van der Waals surface area contributed by atoms with Crippen molar-refractivity contribution in [1.82, 2.24) is 15.2 Å². The number of ether oxygens (including phenoxy) is 1. The summed E-state index contributed by atoms with van der Waals surface area (Å²) in [4.78, 5) is 31.8. The quantitative estimate of drug-likeness (QED) is 0.652. The van der Waals surface area contributed by atoms with Crippen LogP contribution in [-0.4, -0.2) is 46.9 Å². The Bertz CT molecular complexity index is 1080. The zero-order valence-corrected chi connectivity index (χ0v) is 18.3. The molecule has 2 amide bonds. The average molecular weight is 430 g/mol. The van der Waals surface area contributed by atoms with E-state index >= 15 is 0 Å². The first-order valence-electron chi connectivity index (χ1n) is 10.8. The molecule has 2 atom stereocenters. The van der Waals surface area contributed by atoms with Crippen molar-refractivity contribution in [1.29, 1.82) is 0 Å². The normalized spacial score (nSPS) is 16.9. The lowest BCUT2D eigenvalue weighted by atomic mass is 9.98. The van der Waals surface area contributed by atoms with Crippen molar-refractivity contribution < 1.29 is 14.3 Å². The number of pyridine rings is 1.